The smallest absolute Gasteiger partial charge is 0.246 e. The van der Waals surface area contributed by atoms with Crippen molar-refractivity contribution in [2.45, 2.75) is 13.5 Å². The van der Waals surface area contributed by atoms with E-state index in [2.05, 4.69) is 15.4 Å². The topological polar surface area (TPSA) is 59.8 Å². The monoisotopic (exact) mass is 394 g/mol. The second-order valence-electron chi connectivity index (χ2n) is 6.34. The molecule has 7 heteroatoms. The first-order chi connectivity index (χ1) is 13.5. The van der Waals surface area contributed by atoms with E-state index in [0.29, 0.717) is 11.3 Å². The summed E-state index contributed by atoms with van der Waals surface area (Å²) in [5.74, 6) is -0.843. The van der Waals surface area contributed by atoms with Crippen LogP contribution in [0.25, 0.3) is 22.2 Å². The van der Waals surface area contributed by atoms with Crippen molar-refractivity contribution >= 4 is 34.2 Å². The van der Waals surface area contributed by atoms with E-state index in [1.54, 1.807) is 10.9 Å². The molecule has 0 fully saturated rings. The number of aryl methyl sites for hydroxylation is 1. The quantitative estimate of drug-likeness (QED) is 0.539. The van der Waals surface area contributed by atoms with Gasteiger partial charge in [0.25, 0.3) is 0 Å². The Morgan fingerprint density at radius 3 is 2.71 bits per heavy atom. The summed E-state index contributed by atoms with van der Waals surface area (Å²) in [6.45, 7) is 1.87. The van der Waals surface area contributed by atoms with Gasteiger partial charge in [-0.1, -0.05) is 41.9 Å². The fourth-order valence-corrected chi connectivity index (χ4v) is 3.34. The second-order valence-corrected chi connectivity index (χ2v) is 6.75. The highest BCUT2D eigenvalue weighted by atomic mass is 35.5. The summed E-state index contributed by atoms with van der Waals surface area (Å²) in [5, 5.41) is 8.06. The van der Waals surface area contributed by atoms with E-state index in [1.165, 1.54) is 18.2 Å². The Morgan fingerprint density at radius 1 is 1.18 bits per heavy atom. The molecule has 0 saturated heterocycles. The van der Waals surface area contributed by atoms with Crippen molar-refractivity contribution in [3.63, 3.8) is 0 Å². The highest BCUT2D eigenvalue weighted by Gasteiger charge is 2.16. The van der Waals surface area contributed by atoms with Crippen molar-refractivity contribution in [2.75, 3.05) is 5.32 Å². The summed E-state index contributed by atoms with van der Waals surface area (Å²) in [7, 11) is 0. The van der Waals surface area contributed by atoms with Gasteiger partial charge in [0.05, 0.1) is 10.7 Å². The molecule has 0 radical (unpaired) electrons. The number of carbonyl (C=O) groups excluding carboxylic acids is 1. The largest absolute Gasteiger partial charge is 0.324 e. The molecule has 4 aromatic rings. The molecule has 2 aromatic carbocycles. The third-order valence-electron chi connectivity index (χ3n) is 4.39. The summed E-state index contributed by atoms with van der Waals surface area (Å²) in [6.07, 6.45) is 1.71. The van der Waals surface area contributed by atoms with Gasteiger partial charge >= 0.3 is 0 Å². The van der Waals surface area contributed by atoms with Gasteiger partial charge in [-0.15, -0.1) is 0 Å². The number of anilines is 1. The third kappa shape index (κ3) is 3.46. The van der Waals surface area contributed by atoms with E-state index in [-0.39, 0.29) is 17.5 Å². The van der Waals surface area contributed by atoms with Crippen LogP contribution in [-0.2, 0) is 11.3 Å². The van der Waals surface area contributed by atoms with Crippen molar-refractivity contribution in [3.05, 3.63) is 77.3 Å². The Labute approximate surface area is 165 Å². The first kappa shape index (κ1) is 18.1. The molecule has 4 rings (SSSR count). The summed E-state index contributed by atoms with van der Waals surface area (Å²) in [4.78, 5) is 16.9. The highest BCUT2D eigenvalue weighted by Crippen LogP contribution is 2.29. The number of nitrogens with zero attached hydrogens (tertiary/aromatic N) is 3. The minimum atomic E-state index is -0.536. The number of aromatic nitrogens is 3. The first-order valence-electron chi connectivity index (χ1n) is 8.65. The van der Waals surface area contributed by atoms with E-state index >= 15 is 0 Å². The minimum Gasteiger partial charge on any atom is -0.324 e. The molecule has 0 atom stereocenters. The number of rotatable bonds is 4. The molecule has 0 unspecified atom stereocenters. The van der Waals surface area contributed by atoms with Crippen LogP contribution in [0.4, 0.5) is 10.1 Å². The molecule has 2 heterocycles. The lowest BCUT2D eigenvalue weighted by Gasteiger charge is -2.07. The van der Waals surface area contributed by atoms with Crippen LogP contribution in [0.15, 0.2) is 60.8 Å². The zero-order valence-electron chi connectivity index (χ0n) is 15.0. The molecule has 140 valence electrons. The number of pyridine rings is 1. The third-order valence-corrected chi connectivity index (χ3v) is 4.68. The molecule has 1 amide bonds. The fraction of sp³-hybridized carbons (Fsp3) is 0.0952. The molecule has 0 aliphatic rings. The molecule has 5 nitrogen and oxygen atoms in total. The van der Waals surface area contributed by atoms with E-state index in [0.717, 1.165) is 22.2 Å². The lowest BCUT2D eigenvalue weighted by molar-refractivity contribution is -0.116. The summed E-state index contributed by atoms with van der Waals surface area (Å²) >= 11 is 5.76. The van der Waals surface area contributed by atoms with Gasteiger partial charge in [-0.05, 0) is 42.3 Å². The van der Waals surface area contributed by atoms with Crippen LogP contribution < -0.4 is 5.32 Å². The number of hydrogen-bond acceptors (Lipinski definition) is 3. The second kappa shape index (κ2) is 7.40. The predicted octanol–water partition coefficient (Wildman–Crippen LogP) is 4.84. The van der Waals surface area contributed by atoms with Gasteiger partial charge in [0, 0.05) is 17.3 Å². The molecular formula is C21H16ClFN4O. The maximum absolute atomic E-state index is 13.3. The van der Waals surface area contributed by atoms with Gasteiger partial charge < -0.3 is 5.32 Å². The van der Waals surface area contributed by atoms with Crippen LogP contribution in [-0.4, -0.2) is 20.7 Å². The van der Waals surface area contributed by atoms with E-state index in [9.17, 15) is 9.18 Å². The number of nitrogens with one attached hydrogen (secondary N) is 1. The van der Waals surface area contributed by atoms with Gasteiger partial charge in [0.2, 0.25) is 5.91 Å². The molecule has 0 bridgehead atoms. The van der Waals surface area contributed by atoms with E-state index in [4.69, 9.17) is 11.6 Å². The van der Waals surface area contributed by atoms with Crippen molar-refractivity contribution in [1.29, 1.82) is 0 Å². The lowest BCUT2D eigenvalue weighted by atomic mass is 10.0. The predicted molar refractivity (Wildman–Crippen MR) is 108 cm³/mol. The molecule has 0 saturated carbocycles. The standard InChI is InChI=1S/C21H16ClFN4O/c1-13-20-16(14-5-3-2-4-6-14)9-10-24-21(20)27(26-13)12-19(28)25-15-7-8-18(23)17(22)11-15/h2-11H,12H2,1H3,(H,25,28). The molecule has 1 N–H and O–H groups in total. The zero-order chi connectivity index (χ0) is 19.7. The number of amides is 1. The molecular weight excluding hydrogens is 379 g/mol. The number of halogens is 2. The summed E-state index contributed by atoms with van der Waals surface area (Å²) in [6, 6.07) is 15.9. The van der Waals surface area contributed by atoms with Crippen LogP contribution in [0.2, 0.25) is 5.02 Å². The maximum Gasteiger partial charge on any atom is 0.246 e. The van der Waals surface area contributed by atoms with Gasteiger partial charge in [0.1, 0.15) is 12.4 Å². The Hall–Kier alpha value is -3.25. The molecule has 28 heavy (non-hydrogen) atoms. The average molecular weight is 395 g/mol. The SMILES string of the molecule is Cc1nn(CC(=O)Nc2ccc(F)c(Cl)c2)c2nccc(-c3ccccc3)c12. The number of benzene rings is 2. The maximum atomic E-state index is 13.3. The summed E-state index contributed by atoms with van der Waals surface area (Å²) < 4.78 is 14.8. The van der Waals surface area contributed by atoms with Crippen molar-refractivity contribution in [2.24, 2.45) is 0 Å². The van der Waals surface area contributed by atoms with Crippen molar-refractivity contribution in [1.82, 2.24) is 14.8 Å². The number of fused-ring (bicyclic) bond motifs is 1. The van der Waals surface area contributed by atoms with Crippen molar-refractivity contribution in [3.8, 4) is 11.1 Å². The van der Waals surface area contributed by atoms with Crippen molar-refractivity contribution < 1.29 is 9.18 Å². The summed E-state index contributed by atoms with van der Waals surface area (Å²) in [5.41, 5.74) is 3.91. The Bertz CT molecular complexity index is 1170. The minimum absolute atomic E-state index is 0.0232. The molecule has 0 aliphatic carbocycles. The van der Waals surface area contributed by atoms with Crippen LogP contribution in [0.3, 0.4) is 0 Å². The van der Waals surface area contributed by atoms with Gasteiger partial charge in [0.15, 0.2) is 5.65 Å². The highest BCUT2D eigenvalue weighted by molar-refractivity contribution is 6.31. The first-order valence-corrected chi connectivity index (χ1v) is 9.03. The van der Waals surface area contributed by atoms with Crippen LogP contribution >= 0.6 is 11.6 Å². The number of carbonyl (C=O) groups is 1. The Morgan fingerprint density at radius 2 is 1.96 bits per heavy atom. The van der Waals surface area contributed by atoms with E-state index < -0.39 is 5.82 Å². The lowest BCUT2D eigenvalue weighted by Crippen LogP contribution is -2.19. The normalized spacial score (nSPS) is 11.0. The molecule has 2 aromatic heterocycles. The fourth-order valence-electron chi connectivity index (χ4n) is 3.16. The van der Waals surface area contributed by atoms with Gasteiger partial charge in [-0.2, -0.15) is 5.10 Å². The van der Waals surface area contributed by atoms with E-state index in [1.807, 2.05) is 43.3 Å². The van der Waals surface area contributed by atoms with Crippen LogP contribution in [0.5, 0.6) is 0 Å². The van der Waals surface area contributed by atoms with Gasteiger partial charge in [-0.3, -0.25) is 4.79 Å². The number of hydrogen-bond donors (Lipinski definition) is 1. The Balaban J connectivity index is 1.64. The van der Waals surface area contributed by atoms with Crippen LogP contribution in [0, 0.1) is 12.7 Å². The zero-order valence-corrected chi connectivity index (χ0v) is 15.7. The average Bonchev–Trinajstić information content (AvgIpc) is 3.01. The van der Waals surface area contributed by atoms with Crippen LogP contribution in [0.1, 0.15) is 5.69 Å². The van der Waals surface area contributed by atoms with Gasteiger partial charge in [-0.25, -0.2) is 14.1 Å². The molecule has 0 spiro atoms. The Kier molecular flexibility index (Phi) is 4.79. The molecule has 0 aliphatic heterocycles.